The van der Waals surface area contributed by atoms with Crippen molar-refractivity contribution >= 4 is 0 Å². The Hall–Kier alpha value is -0.160. The molecular formula is C10H26N4. The van der Waals surface area contributed by atoms with Gasteiger partial charge in [-0.2, -0.15) is 0 Å². The summed E-state index contributed by atoms with van der Waals surface area (Å²) in [5, 5.41) is 6.66. The Bertz CT molecular complexity index is 128. The van der Waals surface area contributed by atoms with Crippen LogP contribution < -0.4 is 16.4 Å². The van der Waals surface area contributed by atoms with E-state index in [0.29, 0.717) is 6.54 Å². The van der Waals surface area contributed by atoms with E-state index in [1.807, 2.05) is 0 Å². The van der Waals surface area contributed by atoms with E-state index in [1.54, 1.807) is 0 Å². The molecule has 0 aromatic carbocycles. The SMILES string of the molecule is CCNCN(CNCC)C(C)(C)CN. The Morgan fingerprint density at radius 3 is 1.79 bits per heavy atom. The summed E-state index contributed by atoms with van der Waals surface area (Å²) in [4.78, 5) is 2.32. The first-order chi connectivity index (χ1) is 6.58. The molecule has 14 heavy (non-hydrogen) atoms. The summed E-state index contributed by atoms with van der Waals surface area (Å²) in [6.07, 6.45) is 0. The van der Waals surface area contributed by atoms with Gasteiger partial charge in [0.1, 0.15) is 0 Å². The lowest BCUT2D eigenvalue weighted by molar-refractivity contribution is 0.106. The summed E-state index contributed by atoms with van der Waals surface area (Å²) in [5.41, 5.74) is 5.80. The van der Waals surface area contributed by atoms with E-state index in [9.17, 15) is 0 Å². The van der Waals surface area contributed by atoms with E-state index in [2.05, 4.69) is 43.2 Å². The van der Waals surface area contributed by atoms with Crippen LogP contribution in [0.15, 0.2) is 0 Å². The predicted octanol–water partition coefficient (Wildman–Crippen LogP) is 0.160. The monoisotopic (exact) mass is 202 g/mol. The number of nitrogens with zero attached hydrogens (tertiary/aromatic N) is 1. The lowest BCUT2D eigenvalue weighted by Gasteiger charge is -2.37. The molecule has 0 fully saturated rings. The fourth-order valence-corrected chi connectivity index (χ4v) is 1.11. The smallest absolute Gasteiger partial charge is 0.0498 e. The van der Waals surface area contributed by atoms with Gasteiger partial charge in [0.05, 0.1) is 0 Å². The van der Waals surface area contributed by atoms with Gasteiger partial charge in [0.15, 0.2) is 0 Å². The summed E-state index contributed by atoms with van der Waals surface area (Å²) >= 11 is 0. The van der Waals surface area contributed by atoms with Crippen molar-refractivity contribution < 1.29 is 0 Å². The zero-order chi connectivity index (χ0) is 11.0. The molecule has 0 unspecified atom stereocenters. The van der Waals surface area contributed by atoms with Crippen molar-refractivity contribution in [2.24, 2.45) is 5.73 Å². The van der Waals surface area contributed by atoms with Gasteiger partial charge in [0, 0.05) is 25.4 Å². The van der Waals surface area contributed by atoms with E-state index in [1.165, 1.54) is 0 Å². The van der Waals surface area contributed by atoms with E-state index in [0.717, 1.165) is 26.4 Å². The Morgan fingerprint density at radius 2 is 1.50 bits per heavy atom. The summed E-state index contributed by atoms with van der Waals surface area (Å²) in [5.74, 6) is 0. The van der Waals surface area contributed by atoms with Gasteiger partial charge in [-0.3, -0.25) is 4.90 Å². The number of hydrogen-bond acceptors (Lipinski definition) is 4. The molecule has 4 N–H and O–H groups in total. The minimum absolute atomic E-state index is 0.0460. The van der Waals surface area contributed by atoms with Crippen LogP contribution in [0.5, 0.6) is 0 Å². The van der Waals surface area contributed by atoms with Crippen LogP contribution in [0.1, 0.15) is 27.7 Å². The van der Waals surface area contributed by atoms with Gasteiger partial charge in [0.2, 0.25) is 0 Å². The second-order valence-electron chi connectivity index (χ2n) is 4.08. The molecular weight excluding hydrogens is 176 g/mol. The Morgan fingerprint density at radius 1 is 1.07 bits per heavy atom. The highest BCUT2D eigenvalue weighted by atomic mass is 15.3. The third-order valence-electron chi connectivity index (χ3n) is 2.46. The first kappa shape index (κ1) is 13.8. The average Bonchev–Trinajstić information content (AvgIpc) is 2.17. The minimum Gasteiger partial charge on any atom is -0.329 e. The average molecular weight is 202 g/mol. The van der Waals surface area contributed by atoms with E-state index in [-0.39, 0.29) is 5.54 Å². The summed E-state index contributed by atoms with van der Waals surface area (Å²) < 4.78 is 0. The zero-order valence-electron chi connectivity index (χ0n) is 10.1. The third kappa shape index (κ3) is 4.91. The van der Waals surface area contributed by atoms with Crippen molar-refractivity contribution in [2.45, 2.75) is 33.2 Å². The van der Waals surface area contributed by atoms with Gasteiger partial charge in [-0.15, -0.1) is 0 Å². The zero-order valence-corrected chi connectivity index (χ0v) is 10.1. The van der Waals surface area contributed by atoms with Gasteiger partial charge in [-0.05, 0) is 26.9 Å². The Labute approximate surface area is 88.2 Å². The molecule has 0 rings (SSSR count). The normalized spacial score (nSPS) is 12.4. The largest absolute Gasteiger partial charge is 0.329 e. The predicted molar refractivity (Wildman–Crippen MR) is 62.1 cm³/mol. The summed E-state index contributed by atoms with van der Waals surface area (Å²) in [7, 11) is 0. The number of nitrogens with one attached hydrogen (secondary N) is 2. The topological polar surface area (TPSA) is 53.3 Å². The van der Waals surface area contributed by atoms with E-state index in [4.69, 9.17) is 5.73 Å². The van der Waals surface area contributed by atoms with Crippen LogP contribution in [0.4, 0.5) is 0 Å². The van der Waals surface area contributed by atoms with Crippen molar-refractivity contribution in [3.05, 3.63) is 0 Å². The van der Waals surface area contributed by atoms with Crippen molar-refractivity contribution in [3.8, 4) is 0 Å². The van der Waals surface area contributed by atoms with Crippen LogP contribution in [0.2, 0.25) is 0 Å². The fraction of sp³-hybridized carbons (Fsp3) is 1.00. The highest BCUT2D eigenvalue weighted by Crippen LogP contribution is 2.09. The maximum absolute atomic E-state index is 5.75. The molecule has 0 saturated heterocycles. The van der Waals surface area contributed by atoms with E-state index >= 15 is 0 Å². The summed E-state index contributed by atoms with van der Waals surface area (Å²) in [6.45, 7) is 13.0. The van der Waals surface area contributed by atoms with Crippen LogP contribution in [-0.4, -0.2) is 43.4 Å². The molecule has 4 nitrogen and oxygen atoms in total. The first-order valence-electron chi connectivity index (χ1n) is 5.45. The second-order valence-corrected chi connectivity index (χ2v) is 4.08. The van der Waals surface area contributed by atoms with Gasteiger partial charge in [-0.25, -0.2) is 0 Å². The van der Waals surface area contributed by atoms with Crippen molar-refractivity contribution in [3.63, 3.8) is 0 Å². The molecule has 0 atom stereocenters. The number of hydrogen-bond donors (Lipinski definition) is 3. The lowest BCUT2D eigenvalue weighted by Crippen LogP contribution is -2.55. The van der Waals surface area contributed by atoms with Crippen molar-refractivity contribution in [1.82, 2.24) is 15.5 Å². The number of nitrogens with two attached hydrogens (primary N) is 1. The molecule has 0 aromatic rings. The molecule has 86 valence electrons. The highest BCUT2D eigenvalue weighted by Gasteiger charge is 2.23. The van der Waals surface area contributed by atoms with E-state index < -0.39 is 0 Å². The molecule has 0 aliphatic heterocycles. The summed E-state index contributed by atoms with van der Waals surface area (Å²) in [6, 6.07) is 0. The van der Waals surface area contributed by atoms with Gasteiger partial charge in [0.25, 0.3) is 0 Å². The molecule has 0 spiro atoms. The molecule has 0 aromatic heterocycles. The maximum atomic E-state index is 5.75. The van der Waals surface area contributed by atoms with Crippen LogP contribution >= 0.6 is 0 Å². The quantitative estimate of drug-likeness (QED) is 0.491. The standard InChI is InChI=1S/C10H26N4/c1-5-12-8-14(9-13-6-2)10(3,4)7-11/h12-13H,5-9,11H2,1-4H3. The van der Waals surface area contributed by atoms with Crippen molar-refractivity contribution in [2.75, 3.05) is 33.0 Å². The molecule has 0 amide bonds. The van der Waals surface area contributed by atoms with Crippen LogP contribution in [-0.2, 0) is 0 Å². The first-order valence-corrected chi connectivity index (χ1v) is 5.45. The van der Waals surface area contributed by atoms with Crippen molar-refractivity contribution in [1.29, 1.82) is 0 Å². The highest BCUT2D eigenvalue weighted by molar-refractivity contribution is 4.81. The van der Waals surface area contributed by atoms with Crippen LogP contribution in [0, 0.1) is 0 Å². The second kappa shape index (κ2) is 7.17. The molecule has 0 heterocycles. The number of rotatable bonds is 8. The molecule has 4 heteroatoms. The molecule has 0 aliphatic carbocycles. The fourth-order valence-electron chi connectivity index (χ4n) is 1.11. The van der Waals surface area contributed by atoms with Gasteiger partial charge >= 0.3 is 0 Å². The Kier molecular flexibility index (Phi) is 7.09. The van der Waals surface area contributed by atoms with Gasteiger partial charge < -0.3 is 16.4 Å². The maximum Gasteiger partial charge on any atom is 0.0498 e. The third-order valence-corrected chi connectivity index (χ3v) is 2.46. The van der Waals surface area contributed by atoms with Crippen LogP contribution in [0.25, 0.3) is 0 Å². The Balaban J connectivity index is 4.08. The lowest BCUT2D eigenvalue weighted by atomic mass is 10.0. The molecule has 0 aliphatic rings. The molecule has 0 radical (unpaired) electrons. The molecule has 0 bridgehead atoms. The molecule has 0 saturated carbocycles. The van der Waals surface area contributed by atoms with Crippen LogP contribution in [0.3, 0.4) is 0 Å². The van der Waals surface area contributed by atoms with Gasteiger partial charge in [-0.1, -0.05) is 13.8 Å². The minimum atomic E-state index is 0.0460.